The highest BCUT2D eigenvalue weighted by Crippen LogP contribution is 2.29. The molecule has 3 nitrogen and oxygen atoms in total. The van der Waals surface area contributed by atoms with Crippen molar-refractivity contribution in [1.82, 2.24) is 4.98 Å². The molecule has 0 aliphatic carbocycles. The first-order valence-electron chi connectivity index (χ1n) is 7.00. The molecule has 7 heteroatoms. The van der Waals surface area contributed by atoms with Gasteiger partial charge in [-0.3, -0.25) is 4.79 Å². The quantitative estimate of drug-likeness (QED) is 0.551. The van der Waals surface area contributed by atoms with Crippen molar-refractivity contribution in [2.24, 2.45) is 0 Å². The second-order valence-electron chi connectivity index (χ2n) is 4.85. The van der Waals surface area contributed by atoms with Gasteiger partial charge in [0.15, 0.2) is 4.34 Å². The number of benzene rings is 2. The average molecular weight is 395 g/mol. The monoisotopic (exact) mass is 394 g/mol. The van der Waals surface area contributed by atoms with Gasteiger partial charge >= 0.3 is 0 Å². The van der Waals surface area contributed by atoms with Gasteiger partial charge in [0.05, 0.1) is 11.4 Å². The van der Waals surface area contributed by atoms with Gasteiger partial charge in [-0.25, -0.2) is 4.98 Å². The molecule has 0 saturated carbocycles. The lowest BCUT2D eigenvalue weighted by Gasteiger charge is -2.04. The van der Waals surface area contributed by atoms with Crippen molar-refractivity contribution < 1.29 is 4.79 Å². The molecule has 1 amide bonds. The van der Waals surface area contributed by atoms with Crippen molar-refractivity contribution in [2.45, 2.75) is 4.34 Å². The number of carbonyl (C=O) groups is 1. The molecule has 0 aliphatic rings. The Hall–Kier alpha value is -1.53. The Morgan fingerprint density at radius 2 is 1.67 bits per heavy atom. The zero-order chi connectivity index (χ0) is 16.9. The van der Waals surface area contributed by atoms with E-state index in [9.17, 15) is 4.79 Å². The number of amides is 1. The summed E-state index contributed by atoms with van der Waals surface area (Å²) in [5.74, 6) is 0.224. The highest BCUT2D eigenvalue weighted by atomic mass is 35.5. The lowest BCUT2D eigenvalue weighted by atomic mass is 10.2. The number of nitrogens with one attached hydrogen (secondary N) is 1. The smallest absolute Gasteiger partial charge is 0.234 e. The van der Waals surface area contributed by atoms with E-state index < -0.39 is 0 Å². The van der Waals surface area contributed by atoms with Crippen molar-refractivity contribution in [3.63, 3.8) is 0 Å². The highest BCUT2D eigenvalue weighted by molar-refractivity contribution is 8.01. The molecular weight excluding hydrogens is 383 g/mol. The van der Waals surface area contributed by atoms with E-state index in [2.05, 4.69) is 10.3 Å². The summed E-state index contributed by atoms with van der Waals surface area (Å²) in [5, 5.41) is 6.14. The zero-order valence-electron chi connectivity index (χ0n) is 12.3. The Morgan fingerprint density at radius 3 is 2.33 bits per heavy atom. The fourth-order valence-electron chi connectivity index (χ4n) is 1.93. The van der Waals surface area contributed by atoms with Crippen LogP contribution in [0.4, 0.5) is 5.69 Å². The summed E-state index contributed by atoms with van der Waals surface area (Å²) in [5.41, 5.74) is 2.62. The first-order valence-corrected chi connectivity index (χ1v) is 9.62. The SMILES string of the molecule is O=C(CSc1nc(-c2ccc(Cl)cc2)cs1)Nc1ccc(Cl)cc1. The van der Waals surface area contributed by atoms with Gasteiger partial charge in [0.1, 0.15) is 0 Å². The number of anilines is 1. The van der Waals surface area contributed by atoms with Crippen LogP contribution in [0.5, 0.6) is 0 Å². The summed E-state index contributed by atoms with van der Waals surface area (Å²) in [4.78, 5) is 16.5. The second-order valence-corrected chi connectivity index (χ2v) is 7.80. The maximum atomic E-state index is 12.0. The van der Waals surface area contributed by atoms with Gasteiger partial charge in [-0.15, -0.1) is 11.3 Å². The Kier molecular flexibility index (Phi) is 5.79. The van der Waals surface area contributed by atoms with Crippen molar-refractivity contribution in [1.29, 1.82) is 0 Å². The Balaban J connectivity index is 1.56. The predicted molar refractivity (Wildman–Crippen MR) is 103 cm³/mol. The number of hydrogen-bond donors (Lipinski definition) is 1. The lowest BCUT2D eigenvalue weighted by molar-refractivity contribution is -0.113. The molecule has 1 heterocycles. The Labute approximate surface area is 158 Å². The van der Waals surface area contributed by atoms with Gasteiger partial charge in [-0.1, -0.05) is 47.1 Å². The second kappa shape index (κ2) is 8.03. The van der Waals surface area contributed by atoms with Crippen LogP contribution in [0, 0.1) is 0 Å². The first kappa shape index (κ1) is 17.3. The summed E-state index contributed by atoms with van der Waals surface area (Å²) >= 11 is 14.6. The number of nitrogens with zero attached hydrogens (tertiary/aromatic N) is 1. The highest BCUT2D eigenvalue weighted by Gasteiger charge is 2.08. The van der Waals surface area contributed by atoms with Crippen LogP contribution < -0.4 is 5.32 Å². The fourth-order valence-corrected chi connectivity index (χ4v) is 3.82. The lowest BCUT2D eigenvalue weighted by Crippen LogP contribution is -2.13. The van der Waals surface area contributed by atoms with Crippen LogP contribution in [0.3, 0.4) is 0 Å². The molecule has 0 radical (unpaired) electrons. The molecule has 1 N–H and O–H groups in total. The van der Waals surface area contributed by atoms with Crippen LogP contribution in [0.15, 0.2) is 58.3 Å². The van der Waals surface area contributed by atoms with Gasteiger partial charge in [0.25, 0.3) is 0 Å². The van der Waals surface area contributed by atoms with E-state index in [1.165, 1.54) is 23.1 Å². The number of hydrogen-bond acceptors (Lipinski definition) is 4. The van der Waals surface area contributed by atoms with Gasteiger partial charge < -0.3 is 5.32 Å². The number of rotatable bonds is 5. The normalized spacial score (nSPS) is 10.6. The van der Waals surface area contributed by atoms with E-state index in [4.69, 9.17) is 23.2 Å². The minimum absolute atomic E-state index is 0.0782. The molecule has 122 valence electrons. The maximum Gasteiger partial charge on any atom is 0.234 e. The molecule has 0 spiro atoms. The van der Waals surface area contributed by atoms with E-state index in [0.29, 0.717) is 15.8 Å². The molecular formula is C17H12Cl2N2OS2. The van der Waals surface area contributed by atoms with Gasteiger partial charge in [-0.2, -0.15) is 0 Å². The summed E-state index contributed by atoms with van der Waals surface area (Å²) in [6.07, 6.45) is 0. The molecule has 24 heavy (non-hydrogen) atoms. The van der Waals surface area contributed by atoms with E-state index in [1.807, 2.05) is 29.6 Å². The molecule has 0 fully saturated rings. The van der Waals surface area contributed by atoms with E-state index in [1.54, 1.807) is 24.3 Å². The van der Waals surface area contributed by atoms with E-state index in [0.717, 1.165) is 21.3 Å². The van der Waals surface area contributed by atoms with Crippen LogP contribution in [-0.2, 0) is 4.79 Å². The minimum Gasteiger partial charge on any atom is -0.325 e. The van der Waals surface area contributed by atoms with Crippen molar-refractivity contribution in [3.8, 4) is 11.3 Å². The van der Waals surface area contributed by atoms with Gasteiger partial charge in [0, 0.05) is 26.7 Å². The first-order chi connectivity index (χ1) is 11.6. The summed E-state index contributed by atoms with van der Waals surface area (Å²) in [6, 6.07) is 14.6. The zero-order valence-corrected chi connectivity index (χ0v) is 15.5. The van der Waals surface area contributed by atoms with Crippen LogP contribution in [0.2, 0.25) is 10.0 Å². The van der Waals surface area contributed by atoms with Crippen molar-refractivity contribution in [3.05, 3.63) is 64.0 Å². The molecule has 0 bridgehead atoms. The molecule has 1 aromatic heterocycles. The van der Waals surface area contributed by atoms with Crippen LogP contribution in [0.25, 0.3) is 11.3 Å². The summed E-state index contributed by atoms with van der Waals surface area (Å²) in [6.45, 7) is 0. The van der Waals surface area contributed by atoms with Crippen molar-refractivity contribution in [2.75, 3.05) is 11.1 Å². The van der Waals surface area contributed by atoms with E-state index >= 15 is 0 Å². The maximum absolute atomic E-state index is 12.0. The topological polar surface area (TPSA) is 42.0 Å². The Morgan fingerprint density at radius 1 is 1.04 bits per heavy atom. The largest absolute Gasteiger partial charge is 0.325 e. The molecule has 3 aromatic rings. The molecule has 0 unspecified atom stereocenters. The van der Waals surface area contributed by atoms with Crippen LogP contribution in [-0.4, -0.2) is 16.6 Å². The summed E-state index contributed by atoms with van der Waals surface area (Å²) in [7, 11) is 0. The van der Waals surface area contributed by atoms with Crippen LogP contribution in [0.1, 0.15) is 0 Å². The predicted octanol–water partition coefficient (Wildman–Crippen LogP) is 5.85. The molecule has 0 saturated heterocycles. The third-order valence-electron chi connectivity index (χ3n) is 3.08. The average Bonchev–Trinajstić information content (AvgIpc) is 3.05. The molecule has 2 aromatic carbocycles. The third-order valence-corrected chi connectivity index (χ3v) is 5.60. The molecule has 0 aliphatic heterocycles. The standard InChI is InChI=1S/C17H12Cl2N2OS2/c18-12-3-1-11(2-4-12)15-9-23-17(21-15)24-10-16(22)20-14-7-5-13(19)6-8-14/h1-9H,10H2,(H,20,22). The number of aromatic nitrogens is 1. The van der Waals surface area contributed by atoms with Gasteiger partial charge in [0.2, 0.25) is 5.91 Å². The number of carbonyl (C=O) groups excluding carboxylic acids is 1. The number of thiazole rings is 1. The van der Waals surface area contributed by atoms with Gasteiger partial charge in [-0.05, 0) is 36.4 Å². The summed E-state index contributed by atoms with van der Waals surface area (Å²) < 4.78 is 0.853. The van der Waals surface area contributed by atoms with Crippen molar-refractivity contribution >= 4 is 57.9 Å². The Bertz CT molecular complexity index is 833. The number of thioether (sulfide) groups is 1. The minimum atomic E-state index is -0.0782. The van der Waals surface area contributed by atoms with Crippen LogP contribution >= 0.6 is 46.3 Å². The molecule has 3 rings (SSSR count). The van der Waals surface area contributed by atoms with E-state index in [-0.39, 0.29) is 5.91 Å². The molecule has 0 atom stereocenters. The third kappa shape index (κ3) is 4.74. The number of halogens is 2. The fraction of sp³-hybridized carbons (Fsp3) is 0.0588.